The lowest BCUT2D eigenvalue weighted by Crippen LogP contribution is -2.43. The lowest BCUT2D eigenvalue weighted by Gasteiger charge is -2.35. The maximum absolute atomic E-state index is 13.2. The lowest BCUT2D eigenvalue weighted by atomic mass is 9.77. The molecular weight excluding hydrogens is 354 g/mol. The largest absolute Gasteiger partial charge is 0.391 e. The zero-order chi connectivity index (χ0) is 19.1. The maximum atomic E-state index is 13.2. The number of benzene rings is 1. The zero-order valence-corrected chi connectivity index (χ0v) is 15.5. The number of amides is 1. The number of anilines is 1. The van der Waals surface area contributed by atoms with Gasteiger partial charge in [-0.1, -0.05) is 12.1 Å². The molecule has 5 rings (SSSR count). The number of nitrogens with zero attached hydrogens (tertiary/aromatic N) is 3. The molecule has 0 radical (unpaired) electrons. The van der Waals surface area contributed by atoms with Crippen LogP contribution in [-0.4, -0.2) is 56.1 Å². The van der Waals surface area contributed by atoms with Crippen molar-refractivity contribution >= 4 is 22.6 Å². The van der Waals surface area contributed by atoms with Crippen LogP contribution in [0.1, 0.15) is 23.2 Å². The van der Waals surface area contributed by atoms with Gasteiger partial charge in [0.1, 0.15) is 5.82 Å². The smallest absolute Gasteiger partial charge is 0.256 e. The number of aliphatic hydroxyl groups is 1. The first-order valence-corrected chi connectivity index (χ1v) is 9.75. The van der Waals surface area contributed by atoms with Crippen LogP contribution in [0.15, 0.2) is 49.1 Å². The van der Waals surface area contributed by atoms with Crippen molar-refractivity contribution in [2.75, 3.05) is 18.4 Å². The molecule has 3 heterocycles. The number of para-hydroxylation sites is 1. The van der Waals surface area contributed by atoms with Gasteiger partial charge < -0.3 is 20.3 Å². The highest BCUT2D eigenvalue weighted by molar-refractivity contribution is 6.05. The van der Waals surface area contributed by atoms with Gasteiger partial charge in [-0.3, -0.25) is 9.78 Å². The van der Waals surface area contributed by atoms with Gasteiger partial charge in [-0.15, -0.1) is 0 Å². The predicted octanol–water partition coefficient (Wildman–Crippen LogP) is 2.28. The molecule has 4 atom stereocenters. The number of H-pyrrole nitrogens is 1. The molecule has 3 aromatic rings. The molecule has 7 heteroatoms. The summed E-state index contributed by atoms with van der Waals surface area (Å²) < 4.78 is 0. The Morgan fingerprint density at radius 3 is 2.86 bits per heavy atom. The van der Waals surface area contributed by atoms with E-state index in [1.54, 1.807) is 18.6 Å². The Bertz CT molecular complexity index is 989. The zero-order valence-electron chi connectivity index (χ0n) is 15.5. The van der Waals surface area contributed by atoms with E-state index in [0.717, 1.165) is 29.4 Å². The second-order valence-electron chi connectivity index (χ2n) is 7.86. The van der Waals surface area contributed by atoms with E-state index in [2.05, 4.69) is 20.3 Å². The van der Waals surface area contributed by atoms with Gasteiger partial charge in [-0.2, -0.15) is 0 Å². The Morgan fingerprint density at radius 2 is 2.04 bits per heavy atom. The second kappa shape index (κ2) is 6.91. The van der Waals surface area contributed by atoms with Crippen molar-refractivity contribution in [1.82, 2.24) is 19.9 Å². The van der Waals surface area contributed by atoms with Crippen molar-refractivity contribution in [3.8, 4) is 0 Å². The Morgan fingerprint density at radius 1 is 1.18 bits per heavy atom. The first kappa shape index (κ1) is 17.2. The number of fused-ring (bicyclic) bond motifs is 2. The molecule has 144 valence electrons. The Kier molecular flexibility index (Phi) is 4.24. The second-order valence-corrected chi connectivity index (χ2v) is 7.86. The number of aromatic nitrogens is 3. The van der Waals surface area contributed by atoms with Gasteiger partial charge in [0, 0.05) is 37.1 Å². The van der Waals surface area contributed by atoms with Crippen molar-refractivity contribution in [2.45, 2.75) is 25.0 Å². The van der Waals surface area contributed by atoms with E-state index in [1.807, 2.05) is 35.4 Å². The third-order valence-corrected chi connectivity index (χ3v) is 6.14. The van der Waals surface area contributed by atoms with E-state index < -0.39 is 6.10 Å². The van der Waals surface area contributed by atoms with Crippen molar-refractivity contribution < 1.29 is 9.90 Å². The highest BCUT2D eigenvalue weighted by Crippen LogP contribution is 2.38. The number of hydrogen-bond acceptors (Lipinski definition) is 5. The summed E-state index contributed by atoms with van der Waals surface area (Å²) in [6, 6.07) is 7.73. The van der Waals surface area contributed by atoms with Gasteiger partial charge in [0.15, 0.2) is 0 Å². The first-order chi connectivity index (χ1) is 13.7. The fourth-order valence-corrected chi connectivity index (χ4v) is 4.75. The van der Waals surface area contributed by atoms with Gasteiger partial charge >= 0.3 is 0 Å². The molecule has 1 saturated carbocycles. The van der Waals surface area contributed by atoms with Crippen molar-refractivity contribution in [3.63, 3.8) is 0 Å². The third-order valence-electron chi connectivity index (χ3n) is 6.14. The van der Waals surface area contributed by atoms with E-state index in [9.17, 15) is 9.90 Å². The normalized spacial score (nSPS) is 27.0. The minimum Gasteiger partial charge on any atom is -0.391 e. The van der Waals surface area contributed by atoms with Crippen molar-refractivity contribution in [1.29, 1.82) is 0 Å². The molecule has 1 aliphatic carbocycles. The minimum atomic E-state index is -0.454. The summed E-state index contributed by atoms with van der Waals surface area (Å²) in [5.41, 5.74) is 1.61. The van der Waals surface area contributed by atoms with Crippen molar-refractivity contribution in [2.24, 2.45) is 11.8 Å². The molecule has 1 saturated heterocycles. The highest BCUT2D eigenvalue weighted by Gasteiger charge is 2.43. The molecule has 0 unspecified atom stereocenters. The molecule has 7 nitrogen and oxygen atoms in total. The average molecular weight is 377 g/mol. The standard InChI is InChI=1S/C21H23N5O2/c27-18-9-15-12-26(21(28)16-3-1-2-13-4-5-24-20(13)16)11-14(15)8-17(18)25-19-10-22-6-7-23-19/h1-7,10,14-15,17-18,24,27H,8-9,11-12H2,(H,23,25)/t14-,15+,17-,18-/m1/s1. The number of hydrogen-bond donors (Lipinski definition) is 3. The summed E-state index contributed by atoms with van der Waals surface area (Å²) in [6.07, 6.45) is 7.86. The highest BCUT2D eigenvalue weighted by atomic mass is 16.3. The van der Waals surface area contributed by atoms with Gasteiger partial charge in [0.2, 0.25) is 0 Å². The van der Waals surface area contributed by atoms with Gasteiger partial charge in [0.25, 0.3) is 5.91 Å². The minimum absolute atomic E-state index is 0.0652. The number of nitrogens with one attached hydrogen (secondary N) is 2. The summed E-state index contributed by atoms with van der Waals surface area (Å²) >= 11 is 0. The van der Waals surface area contributed by atoms with E-state index in [4.69, 9.17) is 0 Å². The molecule has 28 heavy (non-hydrogen) atoms. The molecule has 1 amide bonds. The molecule has 2 aromatic heterocycles. The first-order valence-electron chi connectivity index (χ1n) is 9.75. The number of likely N-dealkylation sites (tertiary alicyclic amines) is 1. The Labute approximate surface area is 162 Å². The lowest BCUT2D eigenvalue weighted by molar-refractivity contribution is 0.0727. The summed E-state index contributed by atoms with van der Waals surface area (Å²) in [5, 5.41) is 15.0. The summed E-state index contributed by atoms with van der Waals surface area (Å²) in [5.74, 6) is 1.45. The Hall–Kier alpha value is -2.93. The number of aromatic amines is 1. The van der Waals surface area contributed by atoms with Crippen LogP contribution in [0.25, 0.3) is 10.9 Å². The van der Waals surface area contributed by atoms with Crippen LogP contribution < -0.4 is 5.32 Å². The van der Waals surface area contributed by atoms with Crippen LogP contribution in [0.3, 0.4) is 0 Å². The van der Waals surface area contributed by atoms with Gasteiger partial charge in [0.05, 0.1) is 29.4 Å². The average Bonchev–Trinajstić information content (AvgIpc) is 3.35. The number of carbonyl (C=O) groups is 1. The molecular formula is C21H23N5O2. The maximum Gasteiger partial charge on any atom is 0.256 e. The van der Waals surface area contributed by atoms with Crippen LogP contribution in [0.2, 0.25) is 0 Å². The number of aliphatic hydroxyl groups excluding tert-OH is 1. The van der Waals surface area contributed by atoms with E-state index in [0.29, 0.717) is 30.6 Å². The molecule has 2 aliphatic rings. The van der Waals surface area contributed by atoms with Crippen LogP contribution in [0.5, 0.6) is 0 Å². The van der Waals surface area contributed by atoms with Crippen LogP contribution in [-0.2, 0) is 0 Å². The summed E-state index contributed by atoms with van der Waals surface area (Å²) in [4.78, 5) is 26.6. The third kappa shape index (κ3) is 3.01. The molecule has 1 aliphatic heterocycles. The SMILES string of the molecule is O=C(c1cccc2cc[nH]c12)N1C[C@H]2C[C@@H](Nc3cnccn3)[C@H](O)C[C@H]2C1. The summed E-state index contributed by atoms with van der Waals surface area (Å²) in [7, 11) is 0. The summed E-state index contributed by atoms with van der Waals surface area (Å²) in [6.45, 7) is 1.43. The van der Waals surface area contributed by atoms with E-state index in [-0.39, 0.29) is 11.9 Å². The fourth-order valence-electron chi connectivity index (χ4n) is 4.75. The quantitative estimate of drug-likeness (QED) is 0.651. The molecule has 0 bridgehead atoms. The Balaban J connectivity index is 1.31. The topological polar surface area (TPSA) is 94.1 Å². The molecule has 2 fully saturated rings. The van der Waals surface area contributed by atoms with E-state index in [1.165, 1.54) is 0 Å². The molecule has 3 N–H and O–H groups in total. The number of carbonyl (C=O) groups excluding carboxylic acids is 1. The fraction of sp³-hybridized carbons (Fsp3) is 0.381. The monoisotopic (exact) mass is 377 g/mol. The number of rotatable bonds is 3. The molecule has 1 aromatic carbocycles. The van der Waals surface area contributed by atoms with E-state index >= 15 is 0 Å². The van der Waals surface area contributed by atoms with Crippen LogP contribution >= 0.6 is 0 Å². The molecule has 0 spiro atoms. The van der Waals surface area contributed by atoms with Gasteiger partial charge in [-0.25, -0.2) is 4.98 Å². The van der Waals surface area contributed by atoms with Gasteiger partial charge in [-0.05, 0) is 36.8 Å². The van der Waals surface area contributed by atoms with Crippen LogP contribution in [0, 0.1) is 11.8 Å². The van der Waals surface area contributed by atoms with Crippen LogP contribution in [0.4, 0.5) is 5.82 Å². The predicted molar refractivity (Wildman–Crippen MR) is 106 cm³/mol. The van der Waals surface area contributed by atoms with Crippen molar-refractivity contribution in [3.05, 3.63) is 54.6 Å².